The van der Waals surface area contributed by atoms with Crippen LogP contribution in [0, 0.1) is 13.8 Å². The van der Waals surface area contributed by atoms with Crippen LogP contribution < -0.4 is 10.9 Å². The van der Waals surface area contributed by atoms with Gasteiger partial charge in [0.15, 0.2) is 0 Å². The van der Waals surface area contributed by atoms with Crippen LogP contribution in [-0.4, -0.2) is 15.5 Å². The lowest BCUT2D eigenvalue weighted by Crippen LogP contribution is -2.29. The molecule has 0 aliphatic rings. The Bertz CT molecular complexity index is 1120. The number of hydrogen-bond donors (Lipinski definition) is 1. The first-order valence-electron chi connectivity index (χ1n) is 8.99. The largest absolute Gasteiger partial charge is 0.416 e. The van der Waals surface area contributed by atoms with Gasteiger partial charge >= 0.3 is 6.18 Å². The molecule has 0 radical (unpaired) electrons. The molecule has 3 rings (SSSR count). The van der Waals surface area contributed by atoms with E-state index in [1.54, 1.807) is 6.92 Å². The summed E-state index contributed by atoms with van der Waals surface area (Å²) in [6.45, 7) is 5.54. The van der Waals surface area contributed by atoms with Crippen LogP contribution in [0.4, 0.5) is 13.2 Å². The van der Waals surface area contributed by atoms with Gasteiger partial charge in [-0.1, -0.05) is 12.1 Å². The Balaban J connectivity index is 1.67. The second-order valence-corrected chi connectivity index (χ2v) is 8.07. The van der Waals surface area contributed by atoms with E-state index in [2.05, 4.69) is 10.3 Å². The molecule has 1 aromatic carbocycles. The Morgan fingerprint density at radius 1 is 1.31 bits per heavy atom. The van der Waals surface area contributed by atoms with Crippen molar-refractivity contribution in [3.05, 3.63) is 62.5 Å². The molecule has 29 heavy (non-hydrogen) atoms. The molecule has 5 nitrogen and oxygen atoms in total. The van der Waals surface area contributed by atoms with E-state index >= 15 is 0 Å². The molecule has 9 heteroatoms. The summed E-state index contributed by atoms with van der Waals surface area (Å²) in [6, 6.07) is 4.26. The first-order valence-corrected chi connectivity index (χ1v) is 9.81. The maximum atomic E-state index is 12.9. The summed E-state index contributed by atoms with van der Waals surface area (Å²) in [5, 5.41) is 3.24. The number of alkyl halides is 3. The topological polar surface area (TPSA) is 64.0 Å². The fraction of sp³-hybridized carbons (Fsp3) is 0.350. The second kappa shape index (κ2) is 7.98. The van der Waals surface area contributed by atoms with Gasteiger partial charge < -0.3 is 5.32 Å². The van der Waals surface area contributed by atoms with Crippen molar-refractivity contribution in [2.45, 2.75) is 46.0 Å². The Morgan fingerprint density at radius 3 is 2.72 bits per heavy atom. The van der Waals surface area contributed by atoms with Gasteiger partial charge in [0.2, 0.25) is 5.91 Å². The highest BCUT2D eigenvalue weighted by Crippen LogP contribution is 2.30. The molecule has 0 saturated heterocycles. The molecule has 0 aliphatic carbocycles. The van der Waals surface area contributed by atoms with Crippen LogP contribution in [-0.2, 0) is 17.5 Å². The smallest absolute Gasteiger partial charge is 0.350 e. The number of carbonyl (C=O) groups is 1. The molecule has 2 aromatic heterocycles. The van der Waals surface area contributed by atoms with Crippen LogP contribution in [0.5, 0.6) is 0 Å². The van der Waals surface area contributed by atoms with Gasteiger partial charge in [0.1, 0.15) is 4.83 Å². The minimum absolute atomic E-state index is 0.0125. The molecule has 0 saturated carbocycles. The summed E-state index contributed by atoms with van der Waals surface area (Å²) >= 11 is 1.45. The highest BCUT2D eigenvalue weighted by Gasteiger charge is 2.30. The van der Waals surface area contributed by atoms with Crippen molar-refractivity contribution in [2.75, 3.05) is 0 Å². The second-order valence-electron chi connectivity index (χ2n) is 6.87. The molecular formula is C20H20F3N3O2S. The molecule has 0 spiro atoms. The lowest BCUT2D eigenvalue weighted by Gasteiger charge is -2.16. The molecule has 0 bridgehead atoms. The molecule has 0 aliphatic heterocycles. The van der Waals surface area contributed by atoms with Crippen molar-refractivity contribution in [2.24, 2.45) is 0 Å². The summed E-state index contributed by atoms with van der Waals surface area (Å²) < 4.78 is 40.0. The van der Waals surface area contributed by atoms with Crippen molar-refractivity contribution < 1.29 is 18.0 Å². The van der Waals surface area contributed by atoms with Crippen molar-refractivity contribution >= 4 is 27.5 Å². The summed E-state index contributed by atoms with van der Waals surface area (Å²) in [6.07, 6.45) is -3.01. The number of thiophene rings is 1. The zero-order valence-corrected chi connectivity index (χ0v) is 16.9. The Labute approximate surface area is 169 Å². The Kier molecular flexibility index (Phi) is 5.79. The van der Waals surface area contributed by atoms with E-state index in [1.807, 2.05) is 13.8 Å². The van der Waals surface area contributed by atoms with Crippen molar-refractivity contribution in [1.29, 1.82) is 0 Å². The van der Waals surface area contributed by atoms with Crippen molar-refractivity contribution in [3.63, 3.8) is 0 Å². The average molecular weight is 423 g/mol. The van der Waals surface area contributed by atoms with Crippen LogP contribution in [0.25, 0.3) is 10.2 Å². The third-order valence-electron chi connectivity index (χ3n) is 4.83. The Hall–Kier alpha value is -2.68. The van der Waals surface area contributed by atoms with Crippen LogP contribution in [0.15, 0.2) is 35.4 Å². The number of fused-ring (bicyclic) bond motifs is 1. The van der Waals surface area contributed by atoms with Gasteiger partial charge in [0.05, 0.1) is 23.3 Å². The SMILES string of the molecule is Cc1sc2ncn(CCC(=O)NC(C)c3cccc(C(F)(F)F)c3)c(=O)c2c1C. The standard InChI is InChI=1S/C20H20F3N3O2S/c1-11-13(3)29-18-17(11)19(28)26(10-24-18)8-7-16(27)25-12(2)14-5-4-6-15(9-14)20(21,22)23/h4-6,9-10,12H,7-8H2,1-3H3,(H,25,27). The van der Waals surface area contributed by atoms with Gasteiger partial charge in [0.25, 0.3) is 5.56 Å². The first-order chi connectivity index (χ1) is 13.6. The van der Waals surface area contributed by atoms with Gasteiger partial charge in [0, 0.05) is 17.8 Å². The van der Waals surface area contributed by atoms with Crippen molar-refractivity contribution in [3.8, 4) is 0 Å². The van der Waals surface area contributed by atoms with Crippen LogP contribution in [0.1, 0.15) is 41.0 Å². The van der Waals surface area contributed by atoms with Gasteiger partial charge in [-0.3, -0.25) is 14.2 Å². The molecule has 154 valence electrons. The lowest BCUT2D eigenvalue weighted by molar-refractivity contribution is -0.137. The molecule has 2 heterocycles. The summed E-state index contributed by atoms with van der Waals surface area (Å²) in [5.74, 6) is -0.361. The summed E-state index contributed by atoms with van der Waals surface area (Å²) in [7, 11) is 0. The fourth-order valence-electron chi connectivity index (χ4n) is 3.03. The van der Waals surface area contributed by atoms with Crippen LogP contribution in [0.3, 0.4) is 0 Å². The van der Waals surface area contributed by atoms with Crippen LogP contribution >= 0.6 is 11.3 Å². The molecule has 0 fully saturated rings. The number of hydrogen-bond acceptors (Lipinski definition) is 4. The Morgan fingerprint density at radius 2 is 2.03 bits per heavy atom. The molecule has 1 atom stereocenters. The number of benzene rings is 1. The maximum Gasteiger partial charge on any atom is 0.416 e. The van der Waals surface area contributed by atoms with E-state index in [-0.39, 0.29) is 24.4 Å². The highest BCUT2D eigenvalue weighted by atomic mass is 32.1. The number of nitrogens with zero attached hydrogens (tertiary/aromatic N) is 2. The number of aryl methyl sites for hydroxylation is 3. The number of rotatable bonds is 5. The minimum atomic E-state index is -4.44. The molecule has 1 N–H and O–H groups in total. The number of halogens is 3. The van der Waals surface area contributed by atoms with E-state index in [4.69, 9.17) is 0 Å². The summed E-state index contributed by atoms with van der Waals surface area (Å²) in [5.41, 5.74) is 0.288. The van der Waals surface area contributed by atoms with Crippen LogP contribution in [0.2, 0.25) is 0 Å². The molecule has 1 unspecified atom stereocenters. The zero-order chi connectivity index (χ0) is 21.3. The number of nitrogens with one attached hydrogen (secondary N) is 1. The van der Waals surface area contributed by atoms with E-state index < -0.39 is 17.8 Å². The van der Waals surface area contributed by atoms with E-state index in [0.29, 0.717) is 15.8 Å². The van der Waals surface area contributed by atoms with Crippen molar-refractivity contribution in [1.82, 2.24) is 14.9 Å². The monoisotopic (exact) mass is 423 g/mol. The molecular weight excluding hydrogens is 403 g/mol. The first kappa shape index (κ1) is 21.0. The zero-order valence-electron chi connectivity index (χ0n) is 16.1. The maximum absolute atomic E-state index is 12.9. The van der Waals surface area contributed by atoms with E-state index in [9.17, 15) is 22.8 Å². The molecule has 3 aromatic rings. The van der Waals surface area contributed by atoms with Gasteiger partial charge in [-0.15, -0.1) is 11.3 Å². The minimum Gasteiger partial charge on any atom is -0.350 e. The number of aromatic nitrogens is 2. The number of amides is 1. The van der Waals surface area contributed by atoms with Gasteiger partial charge in [-0.05, 0) is 44.0 Å². The van der Waals surface area contributed by atoms with Gasteiger partial charge in [-0.2, -0.15) is 13.2 Å². The predicted octanol–water partition coefficient (Wildman–Crippen LogP) is 4.36. The lowest BCUT2D eigenvalue weighted by atomic mass is 10.0. The average Bonchev–Trinajstić information content (AvgIpc) is 2.95. The number of carbonyl (C=O) groups excluding carboxylic acids is 1. The fourth-order valence-corrected chi connectivity index (χ4v) is 4.02. The van der Waals surface area contributed by atoms with E-state index in [1.165, 1.54) is 34.4 Å². The summed E-state index contributed by atoms with van der Waals surface area (Å²) in [4.78, 5) is 30.9. The predicted molar refractivity (Wildman–Crippen MR) is 106 cm³/mol. The molecule has 1 amide bonds. The third-order valence-corrected chi connectivity index (χ3v) is 5.94. The quantitative estimate of drug-likeness (QED) is 0.663. The third kappa shape index (κ3) is 4.50. The van der Waals surface area contributed by atoms with Gasteiger partial charge in [-0.25, -0.2) is 4.98 Å². The van der Waals surface area contributed by atoms with E-state index in [0.717, 1.165) is 22.6 Å². The normalized spacial score (nSPS) is 12.9. The highest BCUT2D eigenvalue weighted by molar-refractivity contribution is 7.18.